The van der Waals surface area contributed by atoms with Crippen LogP contribution in [-0.2, 0) is 0 Å². The Labute approximate surface area is 64.8 Å². The summed E-state index contributed by atoms with van der Waals surface area (Å²) in [6.45, 7) is 0. The van der Waals surface area contributed by atoms with E-state index in [-0.39, 0.29) is 0 Å². The molecule has 0 fully saturated rings. The van der Waals surface area contributed by atoms with Crippen molar-refractivity contribution in [1.29, 1.82) is 0 Å². The molecule has 0 atom stereocenters. The Balaban J connectivity index is 2.83. The van der Waals surface area contributed by atoms with Crippen molar-refractivity contribution in [3.8, 4) is 5.75 Å². The zero-order valence-corrected chi connectivity index (χ0v) is 5.60. The summed E-state index contributed by atoms with van der Waals surface area (Å²) < 4.78 is 50.3. The molecule has 0 amide bonds. The van der Waals surface area contributed by atoms with Crippen LogP contribution in [0.3, 0.4) is 0 Å². The summed E-state index contributed by atoms with van der Waals surface area (Å²) in [6.07, 6.45) is -3.23. The van der Waals surface area contributed by atoms with E-state index in [4.69, 9.17) is 0 Å². The Bertz CT molecular complexity index is 272. The van der Waals surface area contributed by atoms with E-state index in [2.05, 4.69) is 9.72 Å². The summed E-state index contributed by atoms with van der Waals surface area (Å²) in [5.74, 6) is -2.02. The minimum Gasteiger partial charge on any atom is -0.403 e. The average molecular weight is 181 g/mol. The molecular formula is C6H3F4NO. The SMILES string of the molecule is Fc1cnccc1OC(F)(F)F. The van der Waals surface area contributed by atoms with Crippen LogP contribution >= 0.6 is 0 Å². The third-order valence-electron chi connectivity index (χ3n) is 0.961. The summed E-state index contributed by atoms with van der Waals surface area (Å²) in [7, 11) is 0. The smallest absolute Gasteiger partial charge is 0.403 e. The molecule has 1 aromatic heterocycles. The first kappa shape index (κ1) is 8.76. The number of rotatable bonds is 1. The average Bonchev–Trinajstić information content (AvgIpc) is 1.91. The molecule has 0 aromatic carbocycles. The fraction of sp³-hybridized carbons (Fsp3) is 0.167. The Morgan fingerprint density at radius 1 is 1.33 bits per heavy atom. The van der Waals surface area contributed by atoms with Gasteiger partial charge in [0.15, 0.2) is 11.6 Å². The van der Waals surface area contributed by atoms with Crippen molar-refractivity contribution in [3.05, 3.63) is 24.3 Å². The molecule has 66 valence electrons. The predicted octanol–water partition coefficient (Wildman–Crippen LogP) is 2.12. The van der Waals surface area contributed by atoms with Gasteiger partial charge >= 0.3 is 6.36 Å². The molecule has 0 saturated heterocycles. The van der Waals surface area contributed by atoms with Gasteiger partial charge in [0, 0.05) is 12.3 Å². The van der Waals surface area contributed by atoms with Gasteiger partial charge in [-0.15, -0.1) is 13.2 Å². The first-order chi connectivity index (χ1) is 5.49. The summed E-state index contributed by atoms with van der Waals surface area (Å²) in [5, 5.41) is 0. The Morgan fingerprint density at radius 2 is 2.00 bits per heavy atom. The number of halogens is 4. The lowest BCUT2D eigenvalue weighted by Gasteiger charge is -2.08. The highest BCUT2D eigenvalue weighted by Gasteiger charge is 2.32. The van der Waals surface area contributed by atoms with Crippen LogP contribution in [0.4, 0.5) is 17.6 Å². The third kappa shape index (κ3) is 2.37. The second-order valence-electron chi connectivity index (χ2n) is 1.85. The van der Waals surface area contributed by atoms with Gasteiger partial charge in [0.2, 0.25) is 0 Å². The maximum Gasteiger partial charge on any atom is 0.573 e. The highest BCUT2D eigenvalue weighted by atomic mass is 19.4. The van der Waals surface area contributed by atoms with Crippen molar-refractivity contribution in [2.45, 2.75) is 6.36 Å². The monoisotopic (exact) mass is 181 g/mol. The number of aromatic nitrogens is 1. The van der Waals surface area contributed by atoms with Gasteiger partial charge in [-0.05, 0) is 0 Å². The van der Waals surface area contributed by atoms with Gasteiger partial charge in [-0.1, -0.05) is 0 Å². The van der Waals surface area contributed by atoms with Gasteiger partial charge < -0.3 is 4.74 Å². The lowest BCUT2D eigenvalue weighted by Crippen LogP contribution is -2.17. The molecule has 1 aromatic rings. The zero-order valence-electron chi connectivity index (χ0n) is 5.60. The fourth-order valence-corrected chi connectivity index (χ4v) is 0.570. The van der Waals surface area contributed by atoms with Crippen molar-refractivity contribution in [1.82, 2.24) is 4.98 Å². The molecule has 0 N–H and O–H groups in total. The topological polar surface area (TPSA) is 22.1 Å². The van der Waals surface area contributed by atoms with Gasteiger partial charge in [-0.25, -0.2) is 4.39 Å². The van der Waals surface area contributed by atoms with Crippen molar-refractivity contribution >= 4 is 0 Å². The highest BCUT2D eigenvalue weighted by molar-refractivity contribution is 5.19. The van der Waals surface area contributed by atoms with E-state index in [1.54, 1.807) is 0 Å². The van der Waals surface area contributed by atoms with Crippen molar-refractivity contribution in [3.63, 3.8) is 0 Å². The van der Waals surface area contributed by atoms with Crippen LogP contribution in [0.2, 0.25) is 0 Å². The van der Waals surface area contributed by atoms with E-state index in [9.17, 15) is 17.6 Å². The zero-order chi connectivity index (χ0) is 9.19. The van der Waals surface area contributed by atoms with Crippen LogP contribution in [0.1, 0.15) is 0 Å². The number of nitrogens with zero attached hydrogens (tertiary/aromatic N) is 1. The Hall–Kier alpha value is -1.33. The number of hydrogen-bond donors (Lipinski definition) is 0. The van der Waals surface area contributed by atoms with Crippen LogP contribution in [0.25, 0.3) is 0 Å². The van der Waals surface area contributed by atoms with E-state index in [0.717, 1.165) is 12.3 Å². The molecule has 0 saturated carbocycles. The standard InChI is InChI=1S/C6H3F4NO/c7-4-3-11-2-1-5(4)12-6(8,9)10/h1-3H. The molecule has 0 spiro atoms. The number of alkyl halides is 3. The molecule has 0 unspecified atom stereocenters. The molecule has 6 heteroatoms. The lowest BCUT2D eigenvalue weighted by molar-refractivity contribution is -0.275. The van der Waals surface area contributed by atoms with E-state index >= 15 is 0 Å². The van der Waals surface area contributed by atoms with Crippen molar-refractivity contribution in [2.75, 3.05) is 0 Å². The van der Waals surface area contributed by atoms with Gasteiger partial charge in [0.05, 0.1) is 6.20 Å². The van der Waals surface area contributed by atoms with E-state index in [0.29, 0.717) is 6.20 Å². The second kappa shape index (κ2) is 2.96. The molecule has 0 aliphatic heterocycles. The third-order valence-corrected chi connectivity index (χ3v) is 0.961. The van der Waals surface area contributed by atoms with Crippen LogP contribution in [-0.4, -0.2) is 11.3 Å². The van der Waals surface area contributed by atoms with Crippen LogP contribution in [0.15, 0.2) is 18.5 Å². The van der Waals surface area contributed by atoms with Gasteiger partial charge in [0.25, 0.3) is 0 Å². The normalized spacial score (nSPS) is 11.3. The lowest BCUT2D eigenvalue weighted by atomic mass is 10.4. The summed E-state index contributed by atoms with van der Waals surface area (Å²) in [6, 6.07) is 0.794. The summed E-state index contributed by atoms with van der Waals surface area (Å²) >= 11 is 0. The molecule has 2 nitrogen and oxygen atoms in total. The number of ether oxygens (including phenoxy) is 1. The largest absolute Gasteiger partial charge is 0.573 e. The minimum atomic E-state index is -4.87. The Morgan fingerprint density at radius 3 is 2.50 bits per heavy atom. The predicted molar refractivity (Wildman–Crippen MR) is 30.9 cm³/mol. The van der Waals surface area contributed by atoms with Crippen LogP contribution in [0, 0.1) is 5.82 Å². The van der Waals surface area contributed by atoms with Gasteiger partial charge in [-0.3, -0.25) is 4.98 Å². The number of hydrogen-bond acceptors (Lipinski definition) is 2. The first-order valence-electron chi connectivity index (χ1n) is 2.84. The van der Waals surface area contributed by atoms with Crippen LogP contribution in [0.5, 0.6) is 5.75 Å². The molecule has 0 aliphatic rings. The first-order valence-corrected chi connectivity index (χ1v) is 2.84. The maximum absolute atomic E-state index is 12.4. The molecule has 12 heavy (non-hydrogen) atoms. The van der Waals surface area contributed by atoms with Gasteiger partial charge in [-0.2, -0.15) is 0 Å². The molecular weight excluding hydrogens is 178 g/mol. The molecule has 0 aliphatic carbocycles. The quantitative estimate of drug-likeness (QED) is 0.619. The van der Waals surface area contributed by atoms with E-state index in [1.165, 1.54) is 0 Å². The minimum absolute atomic E-state index is 0.640. The van der Waals surface area contributed by atoms with Crippen LogP contribution < -0.4 is 4.74 Å². The molecule has 0 radical (unpaired) electrons. The van der Waals surface area contributed by atoms with Gasteiger partial charge in [0.1, 0.15) is 0 Å². The molecule has 1 rings (SSSR count). The highest BCUT2D eigenvalue weighted by Crippen LogP contribution is 2.23. The molecule has 0 bridgehead atoms. The Kier molecular flexibility index (Phi) is 2.16. The molecule has 1 heterocycles. The second-order valence-corrected chi connectivity index (χ2v) is 1.85. The maximum atomic E-state index is 12.4. The van der Waals surface area contributed by atoms with Crippen molar-refractivity contribution < 1.29 is 22.3 Å². The van der Waals surface area contributed by atoms with E-state index in [1.807, 2.05) is 0 Å². The fourth-order valence-electron chi connectivity index (χ4n) is 0.570. The summed E-state index contributed by atoms with van der Waals surface area (Å²) in [4.78, 5) is 3.25. The van der Waals surface area contributed by atoms with Crippen molar-refractivity contribution in [2.24, 2.45) is 0 Å². The summed E-state index contributed by atoms with van der Waals surface area (Å²) in [5.41, 5.74) is 0. The number of pyridine rings is 1. The van der Waals surface area contributed by atoms with E-state index < -0.39 is 17.9 Å².